The molecule has 0 spiro atoms. The van der Waals surface area contributed by atoms with E-state index >= 15 is 0 Å². The summed E-state index contributed by atoms with van der Waals surface area (Å²) in [5.74, 6) is -0.491. The number of hydrogen-bond acceptors (Lipinski definition) is 4. The Morgan fingerprint density at radius 2 is 2.15 bits per heavy atom. The van der Waals surface area contributed by atoms with Crippen molar-refractivity contribution in [2.75, 3.05) is 11.9 Å². The lowest BCUT2D eigenvalue weighted by Gasteiger charge is -2.26. The second-order valence-corrected chi connectivity index (χ2v) is 7.82. The van der Waals surface area contributed by atoms with Crippen molar-refractivity contribution < 1.29 is 13.9 Å². The van der Waals surface area contributed by atoms with E-state index in [1.807, 2.05) is 0 Å². The molecule has 0 aliphatic heterocycles. The Bertz CT molecular complexity index is 977. The number of benzene rings is 1. The standard InChI is InChI=1S/C20H19ClFN3O2/c1-20(2,3)27-19(26)25(4)17-8-11(22)7-14-13(17)9-16-18(14)12(5-6-23)15(21)10-24-16/h7-8,10H,5,9H2,1-4H3. The van der Waals surface area contributed by atoms with Crippen LogP contribution >= 0.6 is 11.6 Å². The van der Waals surface area contributed by atoms with Gasteiger partial charge in [0.05, 0.1) is 28.9 Å². The Hall–Kier alpha value is -2.65. The number of ether oxygens (including phenoxy) is 1. The zero-order chi connectivity index (χ0) is 19.9. The van der Waals surface area contributed by atoms with E-state index in [-0.39, 0.29) is 6.42 Å². The monoisotopic (exact) mass is 387 g/mol. The van der Waals surface area contributed by atoms with Crippen molar-refractivity contribution in [1.29, 1.82) is 5.26 Å². The number of fused-ring (bicyclic) bond motifs is 3. The van der Waals surface area contributed by atoms with Gasteiger partial charge in [-0.3, -0.25) is 9.88 Å². The molecule has 27 heavy (non-hydrogen) atoms. The van der Waals surface area contributed by atoms with Crippen LogP contribution in [-0.4, -0.2) is 23.7 Å². The van der Waals surface area contributed by atoms with E-state index in [0.29, 0.717) is 39.5 Å². The maximum atomic E-state index is 14.4. The van der Waals surface area contributed by atoms with E-state index in [1.165, 1.54) is 23.2 Å². The largest absolute Gasteiger partial charge is 0.443 e. The van der Waals surface area contributed by atoms with Crippen LogP contribution in [0.4, 0.5) is 14.9 Å². The van der Waals surface area contributed by atoms with Crippen LogP contribution in [0.15, 0.2) is 18.3 Å². The van der Waals surface area contributed by atoms with Gasteiger partial charge in [0.25, 0.3) is 0 Å². The summed E-state index contributed by atoms with van der Waals surface area (Å²) in [6.07, 6.45) is 1.45. The normalized spacial score (nSPS) is 12.2. The summed E-state index contributed by atoms with van der Waals surface area (Å²) in [6, 6.07) is 4.79. The predicted octanol–water partition coefficient (Wildman–Crippen LogP) is 4.88. The summed E-state index contributed by atoms with van der Waals surface area (Å²) < 4.78 is 19.8. The lowest BCUT2D eigenvalue weighted by Crippen LogP contribution is -2.34. The van der Waals surface area contributed by atoms with Gasteiger partial charge in [-0.25, -0.2) is 9.18 Å². The van der Waals surface area contributed by atoms with Gasteiger partial charge in [-0.15, -0.1) is 0 Å². The fourth-order valence-corrected chi connectivity index (χ4v) is 3.41. The smallest absolute Gasteiger partial charge is 0.414 e. The number of anilines is 1. The van der Waals surface area contributed by atoms with Crippen LogP contribution in [0.3, 0.4) is 0 Å². The van der Waals surface area contributed by atoms with Gasteiger partial charge in [0, 0.05) is 25.2 Å². The Kier molecular flexibility index (Phi) is 4.83. The van der Waals surface area contributed by atoms with Crippen LogP contribution in [-0.2, 0) is 17.6 Å². The van der Waals surface area contributed by atoms with E-state index in [1.54, 1.807) is 27.8 Å². The number of pyridine rings is 1. The van der Waals surface area contributed by atoms with Crippen LogP contribution in [0.2, 0.25) is 5.02 Å². The molecule has 0 unspecified atom stereocenters. The topological polar surface area (TPSA) is 66.2 Å². The molecule has 2 aromatic rings. The molecule has 0 N–H and O–H groups in total. The summed E-state index contributed by atoms with van der Waals surface area (Å²) in [5.41, 5.74) is 3.13. The van der Waals surface area contributed by atoms with Crippen LogP contribution in [0.1, 0.15) is 37.6 Å². The summed E-state index contributed by atoms with van der Waals surface area (Å²) in [7, 11) is 1.54. The summed E-state index contributed by atoms with van der Waals surface area (Å²) in [5, 5.41) is 9.50. The quantitative estimate of drug-likeness (QED) is 0.628. The Morgan fingerprint density at radius 1 is 1.44 bits per heavy atom. The average molecular weight is 388 g/mol. The van der Waals surface area contributed by atoms with Gasteiger partial charge >= 0.3 is 6.09 Å². The number of nitrogens with zero attached hydrogens (tertiary/aromatic N) is 3. The second kappa shape index (κ2) is 6.82. The molecule has 7 heteroatoms. The molecule has 0 saturated heterocycles. The van der Waals surface area contributed by atoms with Gasteiger partial charge in [0.1, 0.15) is 11.4 Å². The van der Waals surface area contributed by atoms with E-state index in [2.05, 4.69) is 11.1 Å². The third-order valence-corrected chi connectivity index (χ3v) is 4.63. The molecule has 1 aromatic heterocycles. The number of rotatable bonds is 2. The molecule has 1 aliphatic carbocycles. The minimum Gasteiger partial charge on any atom is -0.443 e. The molecule has 1 aromatic carbocycles. The number of carbonyl (C=O) groups is 1. The fraction of sp³-hybridized carbons (Fsp3) is 0.350. The first-order valence-electron chi connectivity index (χ1n) is 8.45. The van der Waals surface area contributed by atoms with Gasteiger partial charge in [-0.1, -0.05) is 11.6 Å². The van der Waals surface area contributed by atoms with Crippen LogP contribution in [0, 0.1) is 17.1 Å². The molecule has 0 fully saturated rings. The Balaban J connectivity index is 2.12. The summed E-state index contributed by atoms with van der Waals surface area (Å²) >= 11 is 6.23. The van der Waals surface area contributed by atoms with E-state index in [9.17, 15) is 9.18 Å². The molecule has 0 atom stereocenters. The number of hydrogen-bond donors (Lipinski definition) is 0. The van der Waals surface area contributed by atoms with Crippen LogP contribution in [0.5, 0.6) is 0 Å². The molecule has 0 bridgehead atoms. The lowest BCUT2D eigenvalue weighted by molar-refractivity contribution is 0.0589. The number of carbonyl (C=O) groups excluding carboxylic acids is 1. The average Bonchev–Trinajstić information content (AvgIpc) is 2.93. The number of aromatic nitrogens is 1. The molecule has 0 saturated carbocycles. The molecular weight excluding hydrogens is 369 g/mol. The van der Waals surface area contributed by atoms with Gasteiger partial charge in [0.15, 0.2) is 0 Å². The van der Waals surface area contributed by atoms with Crippen molar-refractivity contribution in [3.05, 3.63) is 46.0 Å². The predicted molar refractivity (Wildman–Crippen MR) is 101 cm³/mol. The van der Waals surface area contributed by atoms with E-state index in [4.69, 9.17) is 21.6 Å². The maximum Gasteiger partial charge on any atom is 0.414 e. The highest BCUT2D eigenvalue weighted by atomic mass is 35.5. The van der Waals surface area contributed by atoms with Crippen molar-refractivity contribution in [1.82, 2.24) is 4.98 Å². The van der Waals surface area contributed by atoms with Gasteiger partial charge in [-0.05, 0) is 49.6 Å². The Labute approximate surface area is 162 Å². The first kappa shape index (κ1) is 19.1. The van der Waals surface area contributed by atoms with Crippen molar-refractivity contribution in [3.8, 4) is 17.2 Å². The zero-order valence-corrected chi connectivity index (χ0v) is 16.3. The van der Waals surface area contributed by atoms with Crippen molar-refractivity contribution in [3.63, 3.8) is 0 Å². The minimum absolute atomic E-state index is 0.0941. The van der Waals surface area contributed by atoms with Gasteiger partial charge in [-0.2, -0.15) is 5.26 Å². The molecule has 1 aliphatic rings. The highest BCUT2D eigenvalue weighted by Gasteiger charge is 2.30. The summed E-state index contributed by atoms with van der Waals surface area (Å²) in [6.45, 7) is 5.31. The van der Waals surface area contributed by atoms with Crippen LogP contribution in [0.25, 0.3) is 11.1 Å². The number of amides is 1. The van der Waals surface area contributed by atoms with Gasteiger partial charge < -0.3 is 4.74 Å². The van der Waals surface area contributed by atoms with E-state index < -0.39 is 17.5 Å². The fourth-order valence-electron chi connectivity index (χ4n) is 3.20. The second-order valence-electron chi connectivity index (χ2n) is 7.41. The summed E-state index contributed by atoms with van der Waals surface area (Å²) in [4.78, 5) is 18.1. The SMILES string of the molecule is CN(C(=O)OC(C)(C)C)c1cc(F)cc2c1Cc1ncc(Cl)c(CC#N)c1-2. The molecule has 1 heterocycles. The Morgan fingerprint density at radius 3 is 2.78 bits per heavy atom. The molecule has 0 radical (unpaired) electrons. The van der Waals surface area contributed by atoms with Crippen molar-refractivity contribution in [2.45, 2.75) is 39.2 Å². The highest BCUT2D eigenvalue weighted by Crippen LogP contribution is 2.44. The molecular formula is C20H19ClFN3O2. The zero-order valence-electron chi connectivity index (χ0n) is 15.6. The highest BCUT2D eigenvalue weighted by molar-refractivity contribution is 6.31. The minimum atomic E-state index is -0.667. The van der Waals surface area contributed by atoms with Crippen LogP contribution < -0.4 is 4.90 Å². The number of nitriles is 1. The molecule has 140 valence electrons. The van der Waals surface area contributed by atoms with E-state index in [0.717, 1.165) is 5.56 Å². The van der Waals surface area contributed by atoms with Gasteiger partial charge in [0.2, 0.25) is 0 Å². The lowest BCUT2D eigenvalue weighted by atomic mass is 9.99. The first-order chi connectivity index (χ1) is 12.6. The van der Waals surface area contributed by atoms with Crippen molar-refractivity contribution >= 4 is 23.4 Å². The molecule has 5 nitrogen and oxygen atoms in total. The maximum absolute atomic E-state index is 14.4. The molecule has 3 rings (SSSR count). The van der Waals surface area contributed by atoms with Crippen molar-refractivity contribution in [2.24, 2.45) is 0 Å². The molecule has 1 amide bonds. The third kappa shape index (κ3) is 3.60. The number of halogens is 2. The third-order valence-electron chi connectivity index (χ3n) is 4.30. The first-order valence-corrected chi connectivity index (χ1v) is 8.83.